The van der Waals surface area contributed by atoms with Gasteiger partial charge >= 0.3 is 0 Å². The van der Waals surface area contributed by atoms with E-state index in [4.69, 9.17) is 0 Å². The fourth-order valence-electron chi connectivity index (χ4n) is 2.43. The molecule has 0 spiro atoms. The van der Waals surface area contributed by atoms with Crippen LogP contribution in [0.4, 0.5) is 0 Å². The second-order valence-corrected chi connectivity index (χ2v) is 5.19. The summed E-state index contributed by atoms with van der Waals surface area (Å²) in [7, 11) is 0. The molecule has 78 valence electrons. The second-order valence-electron chi connectivity index (χ2n) is 5.19. The first-order valence-electron chi connectivity index (χ1n) is 5.81. The molecule has 1 heteroatoms. The summed E-state index contributed by atoms with van der Waals surface area (Å²) in [6.45, 7) is 12.0. The highest BCUT2D eigenvalue weighted by Gasteiger charge is 2.29. The molecule has 0 amide bonds. The van der Waals surface area contributed by atoms with Crippen LogP contribution in [0.25, 0.3) is 0 Å². The van der Waals surface area contributed by atoms with Crippen LogP contribution in [0.2, 0.25) is 0 Å². The van der Waals surface area contributed by atoms with E-state index in [2.05, 4.69) is 32.6 Å². The lowest BCUT2D eigenvalue weighted by Gasteiger charge is -2.41. The monoisotopic (exact) mass is 183 g/mol. The first-order chi connectivity index (χ1) is 6.07. The molecule has 1 rings (SSSR count). The number of likely N-dealkylation sites (tertiary alicyclic amines) is 1. The molecule has 1 saturated heterocycles. The Morgan fingerprint density at radius 1 is 1.23 bits per heavy atom. The van der Waals surface area contributed by atoms with Gasteiger partial charge in [-0.15, -0.1) is 0 Å². The van der Waals surface area contributed by atoms with E-state index >= 15 is 0 Å². The summed E-state index contributed by atoms with van der Waals surface area (Å²) < 4.78 is 0. The molecule has 0 bridgehead atoms. The third-order valence-corrected chi connectivity index (χ3v) is 3.59. The Morgan fingerprint density at radius 2 is 1.77 bits per heavy atom. The molecule has 0 atom stereocenters. The molecular formula is C12H25N. The zero-order chi connectivity index (χ0) is 9.90. The summed E-state index contributed by atoms with van der Waals surface area (Å²) in [5.74, 6) is 0. The molecule has 13 heavy (non-hydrogen) atoms. The van der Waals surface area contributed by atoms with Crippen LogP contribution >= 0.6 is 0 Å². The standard InChI is InChI=1S/C12H25N/c1-5-6-12(4)7-9-13(10-8-12)11(2)3/h11H,5-10H2,1-4H3. The molecule has 0 radical (unpaired) electrons. The fraction of sp³-hybridized carbons (Fsp3) is 1.00. The van der Waals surface area contributed by atoms with Crippen LogP contribution in [0.3, 0.4) is 0 Å². The Morgan fingerprint density at radius 3 is 2.15 bits per heavy atom. The fourth-order valence-corrected chi connectivity index (χ4v) is 2.43. The lowest BCUT2D eigenvalue weighted by molar-refractivity contribution is 0.0883. The van der Waals surface area contributed by atoms with Crippen LogP contribution in [-0.4, -0.2) is 24.0 Å². The van der Waals surface area contributed by atoms with Gasteiger partial charge in [0.15, 0.2) is 0 Å². The Bertz CT molecular complexity index is 143. The average Bonchev–Trinajstić information content (AvgIpc) is 2.05. The van der Waals surface area contributed by atoms with Crippen LogP contribution in [0, 0.1) is 5.41 Å². The normalized spacial score (nSPS) is 23.8. The van der Waals surface area contributed by atoms with E-state index < -0.39 is 0 Å². The Labute approximate surface area is 83.5 Å². The zero-order valence-electron chi connectivity index (χ0n) is 9.77. The van der Waals surface area contributed by atoms with Gasteiger partial charge in [0.2, 0.25) is 0 Å². The minimum atomic E-state index is 0.653. The van der Waals surface area contributed by atoms with Crippen molar-refractivity contribution in [3.05, 3.63) is 0 Å². The summed E-state index contributed by atoms with van der Waals surface area (Å²) in [6.07, 6.45) is 5.56. The van der Waals surface area contributed by atoms with E-state index in [1.807, 2.05) is 0 Å². The maximum Gasteiger partial charge on any atom is 0.00385 e. The molecule has 0 aromatic rings. The van der Waals surface area contributed by atoms with Gasteiger partial charge in [0.05, 0.1) is 0 Å². The van der Waals surface area contributed by atoms with E-state index in [0.717, 1.165) is 6.04 Å². The molecule has 1 nitrogen and oxygen atoms in total. The molecule has 0 saturated carbocycles. The predicted molar refractivity (Wildman–Crippen MR) is 59.0 cm³/mol. The quantitative estimate of drug-likeness (QED) is 0.649. The lowest BCUT2D eigenvalue weighted by atomic mass is 9.77. The molecule has 0 unspecified atom stereocenters. The van der Waals surface area contributed by atoms with Crippen molar-refractivity contribution in [1.29, 1.82) is 0 Å². The number of nitrogens with zero attached hydrogens (tertiary/aromatic N) is 1. The molecule has 0 aromatic heterocycles. The summed E-state index contributed by atoms with van der Waals surface area (Å²) in [4.78, 5) is 2.61. The van der Waals surface area contributed by atoms with E-state index in [1.54, 1.807) is 0 Å². The van der Waals surface area contributed by atoms with Crippen LogP contribution in [0.15, 0.2) is 0 Å². The number of hydrogen-bond acceptors (Lipinski definition) is 1. The van der Waals surface area contributed by atoms with Gasteiger partial charge < -0.3 is 4.90 Å². The number of rotatable bonds is 3. The molecule has 1 aliphatic rings. The summed E-state index contributed by atoms with van der Waals surface area (Å²) in [5, 5.41) is 0. The molecule has 0 aromatic carbocycles. The third kappa shape index (κ3) is 2.98. The predicted octanol–water partition coefficient (Wildman–Crippen LogP) is 3.30. The SMILES string of the molecule is CCCC1(C)CCN(C(C)C)CC1. The first kappa shape index (κ1) is 11.0. The van der Waals surface area contributed by atoms with Gasteiger partial charge in [-0.05, 0) is 51.6 Å². The Kier molecular flexibility index (Phi) is 3.78. The third-order valence-electron chi connectivity index (χ3n) is 3.59. The minimum absolute atomic E-state index is 0.653. The van der Waals surface area contributed by atoms with Crippen molar-refractivity contribution in [2.45, 2.75) is 59.4 Å². The van der Waals surface area contributed by atoms with Crippen LogP contribution in [0.1, 0.15) is 53.4 Å². The molecule has 1 aliphatic heterocycles. The second kappa shape index (κ2) is 4.45. The largest absolute Gasteiger partial charge is 0.301 e. The Balaban J connectivity index is 2.37. The van der Waals surface area contributed by atoms with Gasteiger partial charge in [0.25, 0.3) is 0 Å². The molecule has 0 aliphatic carbocycles. The summed E-state index contributed by atoms with van der Waals surface area (Å²) in [6, 6.07) is 0.742. The van der Waals surface area contributed by atoms with E-state index in [1.165, 1.54) is 38.8 Å². The van der Waals surface area contributed by atoms with E-state index in [0.29, 0.717) is 5.41 Å². The smallest absolute Gasteiger partial charge is 0.00385 e. The van der Waals surface area contributed by atoms with Crippen LogP contribution in [0.5, 0.6) is 0 Å². The van der Waals surface area contributed by atoms with Crippen molar-refractivity contribution in [3.8, 4) is 0 Å². The molecule has 1 heterocycles. The van der Waals surface area contributed by atoms with Gasteiger partial charge in [-0.25, -0.2) is 0 Å². The van der Waals surface area contributed by atoms with Crippen molar-refractivity contribution in [2.24, 2.45) is 5.41 Å². The highest BCUT2D eigenvalue weighted by molar-refractivity contribution is 4.82. The average molecular weight is 183 g/mol. The molecule has 1 fully saturated rings. The van der Waals surface area contributed by atoms with Gasteiger partial charge in [0.1, 0.15) is 0 Å². The molecule has 0 N–H and O–H groups in total. The maximum absolute atomic E-state index is 2.61. The van der Waals surface area contributed by atoms with Gasteiger partial charge in [-0.3, -0.25) is 0 Å². The number of piperidine rings is 1. The van der Waals surface area contributed by atoms with Gasteiger partial charge in [-0.1, -0.05) is 20.3 Å². The highest BCUT2D eigenvalue weighted by atomic mass is 15.1. The van der Waals surface area contributed by atoms with Crippen molar-refractivity contribution < 1.29 is 0 Å². The maximum atomic E-state index is 2.61. The van der Waals surface area contributed by atoms with E-state index in [9.17, 15) is 0 Å². The van der Waals surface area contributed by atoms with Gasteiger partial charge in [0, 0.05) is 6.04 Å². The van der Waals surface area contributed by atoms with Crippen molar-refractivity contribution >= 4 is 0 Å². The number of hydrogen-bond donors (Lipinski definition) is 0. The highest BCUT2D eigenvalue weighted by Crippen LogP contribution is 2.35. The lowest BCUT2D eigenvalue weighted by Crippen LogP contribution is -2.42. The minimum Gasteiger partial charge on any atom is -0.301 e. The topological polar surface area (TPSA) is 3.24 Å². The van der Waals surface area contributed by atoms with E-state index in [-0.39, 0.29) is 0 Å². The van der Waals surface area contributed by atoms with Gasteiger partial charge in [-0.2, -0.15) is 0 Å². The summed E-state index contributed by atoms with van der Waals surface area (Å²) >= 11 is 0. The van der Waals surface area contributed by atoms with Crippen molar-refractivity contribution in [2.75, 3.05) is 13.1 Å². The summed E-state index contributed by atoms with van der Waals surface area (Å²) in [5.41, 5.74) is 0.653. The van der Waals surface area contributed by atoms with Crippen molar-refractivity contribution in [3.63, 3.8) is 0 Å². The zero-order valence-corrected chi connectivity index (χ0v) is 9.77. The first-order valence-corrected chi connectivity index (χ1v) is 5.81. The van der Waals surface area contributed by atoms with Crippen LogP contribution < -0.4 is 0 Å². The molecular weight excluding hydrogens is 158 g/mol. The van der Waals surface area contributed by atoms with Crippen molar-refractivity contribution in [1.82, 2.24) is 4.90 Å². The van der Waals surface area contributed by atoms with Crippen LogP contribution in [-0.2, 0) is 0 Å². The Hall–Kier alpha value is -0.0400.